The molecule has 0 bridgehead atoms. The van der Waals surface area contributed by atoms with Gasteiger partial charge in [0.1, 0.15) is 11.6 Å². The zero-order valence-electron chi connectivity index (χ0n) is 18.6. The van der Waals surface area contributed by atoms with Gasteiger partial charge in [0.05, 0.1) is 17.6 Å². The van der Waals surface area contributed by atoms with Gasteiger partial charge in [-0.05, 0) is 61.1 Å². The molecule has 5 heteroatoms. The van der Waals surface area contributed by atoms with E-state index in [-0.39, 0.29) is 5.91 Å². The number of fused-ring (bicyclic) bond motifs is 1. The quantitative estimate of drug-likeness (QED) is 0.322. The summed E-state index contributed by atoms with van der Waals surface area (Å²) in [5.74, 6) is 2.41. The van der Waals surface area contributed by atoms with Gasteiger partial charge in [0, 0.05) is 19.5 Å². The summed E-state index contributed by atoms with van der Waals surface area (Å²) in [5.41, 5.74) is 3.51. The fourth-order valence-corrected chi connectivity index (χ4v) is 3.64. The van der Waals surface area contributed by atoms with Crippen molar-refractivity contribution in [1.82, 2.24) is 14.9 Å². The van der Waals surface area contributed by atoms with Gasteiger partial charge in [-0.25, -0.2) is 4.98 Å². The van der Waals surface area contributed by atoms with Gasteiger partial charge in [0.25, 0.3) is 0 Å². The maximum Gasteiger partial charge on any atom is 0.243 e. The minimum atomic E-state index is -0.136. The first-order valence-electron chi connectivity index (χ1n) is 11.2. The van der Waals surface area contributed by atoms with Crippen molar-refractivity contribution in [1.29, 1.82) is 0 Å². The molecule has 0 radical (unpaired) electrons. The van der Waals surface area contributed by atoms with Crippen LogP contribution in [-0.4, -0.2) is 28.6 Å². The van der Waals surface area contributed by atoms with Crippen molar-refractivity contribution < 1.29 is 9.53 Å². The van der Waals surface area contributed by atoms with E-state index in [0.29, 0.717) is 19.1 Å². The van der Waals surface area contributed by atoms with E-state index in [0.717, 1.165) is 54.8 Å². The number of imidazole rings is 1. The third-order valence-corrected chi connectivity index (χ3v) is 5.65. The largest absolute Gasteiger partial charge is 0.494 e. The second kappa shape index (κ2) is 11.3. The second-order valence-corrected chi connectivity index (χ2v) is 7.85. The van der Waals surface area contributed by atoms with Crippen molar-refractivity contribution >= 4 is 16.9 Å². The second-order valence-electron chi connectivity index (χ2n) is 7.85. The van der Waals surface area contributed by atoms with Crippen molar-refractivity contribution in [2.75, 3.05) is 13.2 Å². The van der Waals surface area contributed by atoms with Crippen LogP contribution in [-0.2, 0) is 17.8 Å². The zero-order chi connectivity index (χ0) is 22.1. The topological polar surface area (TPSA) is 56.2 Å². The molecule has 2 aromatic carbocycles. The molecule has 1 aromatic heterocycles. The molecule has 31 heavy (non-hydrogen) atoms. The Morgan fingerprint density at radius 2 is 1.97 bits per heavy atom. The number of carbonyl (C=O) groups excluding carboxylic acids is 1. The van der Waals surface area contributed by atoms with Gasteiger partial charge in [-0.1, -0.05) is 44.7 Å². The van der Waals surface area contributed by atoms with Crippen LogP contribution in [0.4, 0.5) is 0 Å². The molecule has 3 rings (SSSR count). The molecule has 1 amide bonds. The van der Waals surface area contributed by atoms with Gasteiger partial charge in [-0.3, -0.25) is 4.79 Å². The molecule has 0 aliphatic heterocycles. The number of benzene rings is 2. The summed E-state index contributed by atoms with van der Waals surface area (Å²) in [6.45, 7) is 10.1. The Kier molecular flexibility index (Phi) is 8.27. The SMILES string of the molecule is C=CC(=O)NCCCc1nc2ccccc2n1CCCOc1ccc(C(C)CC)cc1. The van der Waals surface area contributed by atoms with E-state index in [9.17, 15) is 4.79 Å². The van der Waals surface area contributed by atoms with Crippen molar-refractivity contribution in [2.45, 2.75) is 52.0 Å². The Labute approximate surface area is 185 Å². The summed E-state index contributed by atoms with van der Waals surface area (Å²) in [4.78, 5) is 16.1. The normalized spacial score (nSPS) is 11.9. The number of hydrogen-bond donors (Lipinski definition) is 1. The van der Waals surface area contributed by atoms with Crippen LogP contribution in [0.3, 0.4) is 0 Å². The maximum atomic E-state index is 11.3. The molecule has 1 unspecified atom stereocenters. The summed E-state index contributed by atoms with van der Waals surface area (Å²) in [7, 11) is 0. The monoisotopic (exact) mass is 419 g/mol. The van der Waals surface area contributed by atoms with Gasteiger partial charge >= 0.3 is 0 Å². The molecule has 0 spiro atoms. The fourth-order valence-electron chi connectivity index (χ4n) is 3.64. The van der Waals surface area contributed by atoms with Crippen LogP contribution in [0.5, 0.6) is 5.75 Å². The maximum absolute atomic E-state index is 11.3. The first-order chi connectivity index (χ1) is 15.1. The van der Waals surface area contributed by atoms with Crippen LogP contribution in [0.1, 0.15) is 50.4 Å². The average Bonchev–Trinajstić information content (AvgIpc) is 3.16. The summed E-state index contributed by atoms with van der Waals surface area (Å²) in [6, 6.07) is 16.7. The molecule has 0 fully saturated rings. The number of amides is 1. The molecule has 0 aliphatic rings. The lowest BCUT2D eigenvalue weighted by Crippen LogP contribution is -2.22. The van der Waals surface area contributed by atoms with E-state index < -0.39 is 0 Å². The number of aryl methyl sites for hydroxylation is 2. The number of ether oxygens (including phenoxy) is 1. The molecule has 0 saturated heterocycles. The molecular formula is C26H33N3O2. The highest BCUT2D eigenvalue weighted by molar-refractivity contribution is 5.86. The number of carbonyl (C=O) groups is 1. The number of aromatic nitrogens is 2. The Morgan fingerprint density at radius 1 is 1.19 bits per heavy atom. The highest BCUT2D eigenvalue weighted by Crippen LogP contribution is 2.22. The summed E-state index contributed by atoms with van der Waals surface area (Å²) < 4.78 is 8.25. The number of nitrogens with one attached hydrogen (secondary N) is 1. The lowest BCUT2D eigenvalue weighted by atomic mass is 9.99. The summed E-state index contributed by atoms with van der Waals surface area (Å²) >= 11 is 0. The highest BCUT2D eigenvalue weighted by Gasteiger charge is 2.10. The molecular weight excluding hydrogens is 386 g/mol. The van der Waals surface area contributed by atoms with E-state index in [2.05, 4.69) is 60.6 Å². The van der Waals surface area contributed by atoms with Gasteiger partial charge in [0.2, 0.25) is 5.91 Å². The van der Waals surface area contributed by atoms with Crippen LogP contribution in [0.2, 0.25) is 0 Å². The number of nitrogens with zero attached hydrogens (tertiary/aromatic N) is 2. The van der Waals surface area contributed by atoms with Crippen molar-refractivity contribution in [3.63, 3.8) is 0 Å². The predicted octanol–water partition coefficient (Wildman–Crippen LogP) is 5.25. The molecule has 5 nitrogen and oxygen atoms in total. The van der Waals surface area contributed by atoms with Crippen LogP contribution in [0, 0.1) is 0 Å². The molecule has 1 heterocycles. The van der Waals surface area contributed by atoms with Gasteiger partial charge < -0.3 is 14.6 Å². The van der Waals surface area contributed by atoms with E-state index in [1.807, 2.05) is 18.2 Å². The van der Waals surface area contributed by atoms with Gasteiger partial charge in [-0.15, -0.1) is 0 Å². The van der Waals surface area contributed by atoms with Gasteiger partial charge in [0.15, 0.2) is 0 Å². The predicted molar refractivity (Wildman–Crippen MR) is 127 cm³/mol. The number of para-hydroxylation sites is 2. The van der Waals surface area contributed by atoms with Gasteiger partial charge in [-0.2, -0.15) is 0 Å². The van der Waals surface area contributed by atoms with Crippen LogP contribution < -0.4 is 10.1 Å². The molecule has 0 aliphatic carbocycles. The third kappa shape index (κ3) is 6.20. The number of hydrogen-bond acceptors (Lipinski definition) is 3. The minimum absolute atomic E-state index is 0.136. The van der Waals surface area contributed by atoms with Crippen LogP contribution in [0.15, 0.2) is 61.2 Å². The van der Waals surface area contributed by atoms with Crippen molar-refractivity contribution in [2.24, 2.45) is 0 Å². The summed E-state index contributed by atoms with van der Waals surface area (Å²) in [6.07, 6.45) is 4.98. The fraction of sp³-hybridized carbons (Fsp3) is 0.385. The number of rotatable bonds is 12. The Balaban J connectivity index is 1.56. The standard InChI is InChI=1S/C26H33N3O2/c1-4-20(3)21-13-15-22(16-14-21)31-19-9-18-29-24-11-7-6-10-23(24)28-25(29)12-8-17-27-26(30)5-2/h5-7,10-11,13-16,20H,2,4,8-9,12,17-19H2,1,3H3,(H,27,30). The Morgan fingerprint density at radius 3 is 2.71 bits per heavy atom. The highest BCUT2D eigenvalue weighted by atomic mass is 16.5. The molecule has 1 atom stereocenters. The molecule has 1 N–H and O–H groups in total. The van der Waals surface area contributed by atoms with Crippen molar-refractivity contribution in [3.8, 4) is 5.75 Å². The first kappa shape index (κ1) is 22.6. The van der Waals surface area contributed by atoms with E-state index in [1.54, 1.807) is 0 Å². The van der Waals surface area contributed by atoms with E-state index in [1.165, 1.54) is 11.6 Å². The molecule has 164 valence electrons. The summed E-state index contributed by atoms with van der Waals surface area (Å²) in [5, 5.41) is 2.83. The van der Waals surface area contributed by atoms with E-state index in [4.69, 9.17) is 9.72 Å². The Bertz CT molecular complexity index is 992. The molecule has 0 saturated carbocycles. The van der Waals surface area contributed by atoms with E-state index >= 15 is 0 Å². The Hall–Kier alpha value is -3.08. The van der Waals surface area contributed by atoms with Crippen LogP contribution >= 0.6 is 0 Å². The van der Waals surface area contributed by atoms with Crippen molar-refractivity contribution in [3.05, 3.63) is 72.6 Å². The average molecular weight is 420 g/mol. The minimum Gasteiger partial charge on any atom is -0.494 e. The first-order valence-corrected chi connectivity index (χ1v) is 11.2. The third-order valence-electron chi connectivity index (χ3n) is 5.65. The zero-order valence-corrected chi connectivity index (χ0v) is 18.6. The molecule has 3 aromatic rings. The van der Waals surface area contributed by atoms with Crippen LogP contribution in [0.25, 0.3) is 11.0 Å². The lowest BCUT2D eigenvalue weighted by Gasteiger charge is -2.12. The lowest BCUT2D eigenvalue weighted by molar-refractivity contribution is -0.116. The smallest absolute Gasteiger partial charge is 0.243 e.